The van der Waals surface area contributed by atoms with Gasteiger partial charge in [0.1, 0.15) is 5.60 Å². The molecule has 1 N–H and O–H groups in total. The third-order valence-corrected chi connectivity index (χ3v) is 5.19. The van der Waals surface area contributed by atoms with Crippen LogP contribution >= 0.6 is 0 Å². The molecule has 0 radical (unpaired) electrons. The summed E-state index contributed by atoms with van der Waals surface area (Å²) in [7, 11) is 0. The van der Waals surface area contributed by atoms with Crippen molar-refractivity contribution in [1.29, 1.82) is 0 Å². The van der Waals surface area contributed by atoms with E-state index in [1.165, 1.54) is 9.08 Å². The fraction of sp³-hybridized carbons (Fsp3) is 0.632. The second-order valence-electron chi connectivity index (χ2n) is 8.94. The average Bonchev–Trinajstić information content (AvgIpc) is 2.85. The second-order valence-corrected chi connectivity index (χ2v) is 8.94. The van der Waals surface area contributed by atoms with Crippen molar-refractivity contribution >= 4 is 11.7 Å². The number of hydrogen-bond acceptors (Lipinski definition) is 5. The molecule has 8 heteroatoms. The molecule has 2 aromatic heterocycles. The molecule has 148 valence electrons. The predicted octanol–water partition coefficient (Wildman–Crippen LogP) is 1.89. The Kier molecular flexibility index (Phi) is 4.58. The first kappa shape index (κ1) is 19.4. The number of nitrogens with zero attached hydrogens (tertiary/aromatic N) is 4. The molecular formula is C19H28N4O4. The van der Waals surface area contributed by atoms with Crippen LogP contribution in [0.5, 0.6) is 0 Å². The van der Waals surface area contributed by atoms with Crippen LogP contribution in [0.3, 0.4) is 0 Å². The van der Waals surface area contributed by atoms with Gasteiger partial charge in [-0.25, -0.2) is 14.3 Å². The van der Waals surface area contributed by atoms with Crippen molar-refractivity contribution in [3.05, 3.63) is 34.9 Å². The molecule has 0 spiro atoms. The fourth-order valence-corrected chi connectivity index (χ4v) is 3.46. The summed E-state index contributed by atoms with van der Waals surface area (Å²) in [6.07, 6.45) is 1.60. The summed E-state index contributed by atoms with van der Waals surface area (Å²) in [6.45, 7) is 10.0. The van der Waals surface area contributed by atoms with Crippen molar-refractivity contribution in [3.8, 4) is 0 Å². The van der Waals surface area contributed by atoms with Crippen molar-refractivity contribution < 1.29 is 14.6 Å². The van der Waals surface area contributed by atoms with Crippen LogP contribution in [0, 0.1) is 5.41 Å². The van der Waals surface area contributed by atoms with Crippen LogP contribution in [0.25, 0.3) is 5.65 Å². The zero-order chi connectivity index (χ0) is 20.0. The van der Waals surface area contributed by atoms with Gasteiger partial charge in [-0.3, -0.25) is 4.40 Å². The van der Waals surface area contributed by atoms with Gasteiger partial charge in [-0.1, -0.05) is 19.9 Å². The van der Waals surface area contributed by atoms with Gasteiger partial charge in [0.15, 0.2) is 5.65 Å². The minimum absolute atomic E-state index is 0.0721. The molecule has 1 fully saturated rings. The molecule has 8 nitrogen and oxygen atoms in total. The van der Waals surface area contributed by atoms with Crippen molar-refractivity contribution in [2.75, 3.05) is 13.1 Å². The van der Waals surface area contributed by atoms with Crippen LogP contribution in [0.1, 0.15) is 41.0 Å². The lowest BCUT2D eigenvalue weighted by atomic mass is 9.70. The summed E-state index contributed by atoms with van der Waals surface area (Å²) in [5.41, 5.74) is -2.14. The summed E-state index contributed by atoms with van der Waals surface area (Å²) in [5.74, 6) is 0. The molecule has 1 atom stereocenters. The molecule has 0 bridgehead atoms. The Labute approximate surface area is 158 Å². The highest BCUT2D eigenvalue weighted by molar-refractivity contribution is 5.68. The number of pyridine rings is 1. The zero-order valence-corrected chi connectivity index (χ0v) is 16.6. The number of rotatable bonds is 2. The summed E-state index contributed by atoms with van der Waals surface area (Å²) < 4.78 is 8.21. The van der Waals surface area contributed by atoms with E-state index in [0.717, 1.165) is 0 Å². The van der Waals surface area contributed by atoms with Gasteiger partial charge < -0.3 is 14.7 Å². The molecule has 1 amide bonds. The van der Waals surface area contributed by atoms with Gasteiger partial charge in [0.2, 0.25) is 0 Å². The molecule has 1 aliphatic heterocycles. The number of ether oxygens (including phenoxy) is 1. The predicted molar refractivity (Wildman–Crippen MR) is 101 cm³/mol. The highest BCUT2D eigenvalue weighted by Crippen LogP contribution is 2.40. The van der Waals surface area contributed by atoms with E-state index in [1.807, 2.05) is 40.7 Å². The highest BCUT2D eigenvalue weighted by Gasteiger charge is 2.49. The van der Waals surface area contributed by atoms with E-state index in [9.17, 15) is 14.7 Å². The standard InChI is InChI=1S/C19H28N4O4/c1-17(2,3)27-16(25)21-11-9-19(26,18(4,5)12-21)13-23-15(24)22-10-7-6-8-14(22)20-23/h6-8,10,26H,9,11-13H2,1-5H3. The van der Waals surface area contributed by atoms with Crippen LogP contribution in [0.15, 0.2) is 29.2 Å². The van der Waals surface area contributed by atoms with Crippen molar-refractivity contribution in [1.82, 2.24) is 19.1 Å². The number of aromatic nitrogens is 3. The van der Waals surface area contributed by atoms with Gasteiger partial charge in [-0.05, 0) is 39.3 Å². The lowest BCUT2D eigenvalue weighted by Crippen LogP contribution is -2.61. The Hall–Kier alpha value is -2.35. The maximum Gasteiger partial charge on any atom is 0.410 e. The number of amides is 1. The van der Waals surface area contributed by atoms with Crippen LogP contribution < -0.4 is 5.69 Å². The first-order chi connectivity index (χ1) is 12.4. The molecule has 1 saturated heterocycles. The largest absolute Gasteiger partial charge is 0.444 e. The Morgan fingerprint density at radius 1 is 1.33 bits per heavy atom. The Morgan fingerprint density at radius 2 is 2.04 bits per heavy atom. The van der Waals surface area contributed by atoms with E-state index >= 15 is 0 Å². The van der Waals surface area contributed by atoms with Crippen LogP contribution in [0.4, 0.5) is 4.79 Å². The topological polar surface area (TPSA) is 89.1 Å². The first-order valence-corrected chi connectivity index (χ1v) is 9.16. The highest BCUT2D eigenvalue weighted by atomic mass is 16.6. The molecular weight excluding hydrogens is 348 g/mol. The number of carbonyl (C=O) groups excluding carboxylic acids is 1. The minimum Gasteiger partial charge on any atom is -0.444 e. The molecule has 1 unspecified atom stereocenters. The van der Waals surface area contributed by atoms with Crippen LogP contribution in [0.2, 0.25) is 0 Å². The number of fused-ring (bicyclic) bond motifs is 1. The maximum atomic E-state index is 12.6. The van der Waals surface area contributed by atoms with Gasteiger partial charge in [0, 0.05) is 24.7 Å². The summed E-state index contributed by atoms with van der Waals surface area (Å²) in [4.78, 5) is 26.6. The molecule has 3 heterocycles. The van der Waals surface area contributed by atoms with Crippen molar-refractivity contribution in [2.45, 2.75) is 58.8 Å². The lowest BCUT2D eigenvalue weighted by Gasteiger charge is -2.49. The van der Waals surface area contributed by atoms with E-state index in [4.69, 9.17) is 4.74 Å². The van der Waals surface area contributed by atoms with Crippen molar-refractivity contribution in [3.63, 3.8) is 0 Å². The number of piperidine rings is 1. The monoisotopic (exact) mass is 376 g/mol. The Bertz CT molecular complexity index is 908. The number of hydrogen-bond donors (Lipinski definition) is 1. The number of likely N-dealkylation sites (tertiary alicyclic amines) is 1. The smallest absolute Gasteiger partial charge is 0.410 e. The second kappa shape index (κ2) is 6.37. The van der Waals surface area contributed by atoms with Gasteiger partial charge in [0.25, 0.3) is 0 Å². The lowest BCUT2D eigenvalue weighted by molar-refractivity contribution is -0.128. The first-order valence-electron chi connectivity index (χ1n) is 9.16. The quantitative estimate of drug-likeness (QED) is 0.865. The molecule has 2 aromatic rings. The van der Waals surface area contributed by atoms with E-state index < -0.39 is 16.6 Å². The van der Waals surface area contributed by atoms with E-state index in [-0.39, 0.29) is 18.3 Å². The molecule has 27 heavy (non-hydrogen) atoms. The average molecular weight is 376 g/mol. The zero-order valence-electron chi connectivity index (χ0n) is 16.6. The molecule has 3 rings (SSSR count). The minimum atomic E-state index is -1.17. The molecule has 0 aromatic carbocycles. The SMILES string of the molecule is CC(C)(C)OC(=O)N1CCC(O)(Cn2nc3ccccn3c2=O)C(C)(C)C1. The third-order valence-electron chi connectivity index (χ3n) is 5.19. The van der Waals surface area contributed by atoms with Crippen molar-refractivity contribution in [2.24, 2.45) is 5.41 Å². The molecule has 0 aliphatic carbocycles. The molecule has 0 saturated carbocycles. The summed E-state index contributed by atoms with van der Waals surface area (Å²) in [5, 5.41) is 15.7. The number of carbonyl (C=O) groups is 1. The Morgan fingerprint density at radius 3 is 2.63 bits per heavy atom. The van der Waals surface area contributed by atoms with Gasteiger partial charge in [-0.2, -0.15) is 0 Å². The maximum absolute atomic E-state index is 12.6. The van der Waals surface area contributed by atoms with Gasteiger partial charge >= 0.3 is 11.8 Å². The van der Waals surface area contributed by atoms with Crippen LogP contribution in [-0.2, 0) is 11.3 Å². The normalized spacial score (nSPS) is 22.8. The van der Waals surface area contributed by atoms with Gasteiger partial charge in [0.05, 0.1) is 12.1 Å². The Balaban J connectivity index is 1.81. The van der Waals surface area contributed by atoms with E-state index in [2.05, 4.69) is 5.10 Å². The molecule has 1 aliphatic rings. The van der Waals surface area contributed by atoms with E-state index in [1.54, 1.807) is 23.2 Å². The number of aliphatic hydroxyl groups is 1. The van der Waals surface area contributed by atoms with Gasteiger partial charge in [-0.15, -0.1) is 5.10 Å². The van der Waals surface area contributed by atoms with Crippen LogP contribution in [-0.4, -0.2) is 54.6 Å². The fourth-order valence-electron chi connectivity index (χ4n) is 3.46. The summed E-state index contributed by atoms with van der Waals surface area (Å²) >= 11 is 0. The van der Waals surface area contributed by atoms with E-state index in [0.29, 0.717) is 25.2 Å². The third kappa shape index (κ3) is 3.71. The summed E-state index contributed by atoms with van der Waals surface area (Å²) in [6, 6.07) is 5.32.